The van der Waals surface area contributed by atoms with E-state index in [1.165, 1.54) is 31.2 Å². The number of amides is 1. The van der Waals surface area contributed by atoms with Crippen LogP contribution in [0.3, 0.4) is 0 Å². The van der Waals surface area contributed by atoms with Gasteiger partial charge in [-0.25, -0.2) is 9.18 Å². The molecule has 128 valence electrons. The third kappa shape index (κ3) is 4.06. The summed E-state index contributed by atoms with van der Waals surface area (Å²) in [4.78, 5) is 22.9. The first-order chi connectivity index (χ1) is 11.9. The van der Waals surface area contributed by atoms with Crippen LogP contribution in [0, 0.1) is 5.82 Å². The quantitative estimate of drug-likeness (QED) is 0.659. The summed E-state index contributed by atoms with van der Waals surface area (Å²) in [6, 6.07) is 10.5. The van der Waals surface area contributed by atoms with Gasteiger partial charge >= 0.3 is 5.63 Å². The number of benzene rings is 2. The molecule has 0 saturated heterocycles. The van der Waals surface area contributed by atoms with Crippen LogP contribution in [0.25, 0.3) is 11.0 Å². The zero-order valence-electron chi connectivity index (χ0n) is 13.1. The third-order valence-corrected chi connectivity index (χ3v) is 4.05. The maximum atomic E-state index is 13.1. The number of ether oxygens (including phenoxy) is 1. The van der Waals surface area contributed by atoms with E-state index in [0.29, 0.717) is 32.4 Å². The summed E-state index contributed by atoms with van der Waals surface area (Å²) < 4.78 is 24.5. The van der Waals surface area contributed by atoms with E-state index in [2.05, 4.69) is 21.2 Å². The van der Waals surface area contributed by atoms with Crippen LogP contribution in [0.15, 0.2) is 56.1 Å². The molecule has 0 bridgehead atoms. The van der Waals surface area contributed by atoms with Crippen LogP contribution >= 0.6 is 15.9 Å². The standard InChI is InChI=1S/C18H13BrFNO4/c1-10(22)21-13-3-4-14-11(6-18(23)25-17(14)8-13)9-24-16-5-2-12(20)7-15(16)19/h2-8H,9H2,1H3,(H,21,22). The van der Waals surface area contributed by atoms with Crippen molar-refractivity contribution in [2.24, 2.45) is 0 Å². The molecule has 25 heavy (non-hydrogen) atoms. The van der Waals surface area contributed by atoms with Gasteiger partial charge in [0, 0.05) is 35.7 Å². The Hall–Kier alpha value is -2.67. The van der Waals surface area contributed by atoms with Crippen molar-refractivity contribution >= 4 is 38.5 Å². The summed E-state index contributed by atoms with van der Waals surface area (Å²) in [5.74, 6) is -0.143. The fourth-order valence-corrected chi connectivity index (χ4v) is 2.84. The van der Waals surface area contributed by atoms with E-state index in [1.54, 1.807) is 18.2 Å². The summed E-state index contributed by atoms with van der Waals surface area (Å²) in [6.07, 6.45) is 0. The maximum absolute atomic E-state index is 13.1. The van der Waals surface area contributed by atoms with Gasteiger partial charge in [-0.05, 0) is 46.3 Å². The highest BCUT2D eigenvalue weighted by atomic mass is 79.9. The van der Waals surface area contributed by atoms with Crippen molar-refractivity contribution in [3.05, 3.63) is 68.7 Å². The van der Waals surface area contributed by atoms with E-state index in [0.717, 1.165) is 0 Å². The number of anilines is 1. The van der Waals surface area contributed by atoms with Crippen molar-refractivity contribution < 1.29 is 18.3 Å². The number of rotatable bonds is 4. The molecule has 0 spiro atoms. The zero-order chi connectivity index (χ0) is 18.0. The van der Waals surface area contributed by atoms with Gasteiger partial charge in [0.05, 0.1) is 4.47 Å². The Labute approximate surface area is 150 Å². The fourth-order valence-electron chi connectivity index (χ4n) is 2.38. The largest absolute Gasteiger partial charge is 0.488 e. The smallest absolute Gasteiger partial charge is 0.336 e. The Bertz CT molecular complexity index is 1020. The molecule has 0 fully saturated rings. The van der Waals surface area contributed by atoms with Gasteiger partial charge in [0.1, 0.15) is 23.8 Å². The fraction of sp³-hybridized carbons (Fsp3) is 0.111. The molecule has 0 atom stereocenters. The summed E-state index contributed by atoms with van der Waals surface area (Å²) >= 11 is 3.23. The molecule has 5 nitrogen and oxygen atoms in total. The zero-order valence-corrected chi connectivity index (χ0v) is 14.7. The van der Waals surface area contributed by atoms with Gasteiger partial charge in [-0.15, -0.1) is 0 Å². The van der Waals surface area contributed by atoms with Gasteiger partial charge in [0.15, 0.2) is 0 Å². The minimum absolute atomic E-state index is 0.103. The Morgan fingerprint density at radius 2 is 2.04 bits per heavy atom. The minimum atomic E-state index is -0.524. The number of carbonyl (C=O) groups excluding carboxylic acids is 1. The lowest BCUT2D eigenvalue weighted by Crippen LogP contribution is -2.07. The van der Waals surface area contributed by atoms with Crippen molar-refractivity contribution in [2.45, 2.75) is 13.5 Å². The second kappa shape index (κ2) is 7.06. The van der Waals surface area contributed by atoms with Gasteiger partial charge in [0.2, 0.25) is 5.91 Å². The molecule has 0 unspecified atom stereocenters. The number of halogens is 2. The molecule has 0 aliphatic carbocycles. The topological polar surface area (TPSA) is 68.5 Å². The Balaban J connectivity index is 1.92. The van der Waals surface area contributed by atoms with Crippen LogP contribution in [0.2, 0.25) is 0 Å². The van der Waals surface area contributed by atoms with Crippen LogP contribution in [-0.2, 0) is 11.4 Å². The lowest BCUT2D eigenvalue weighted by Gasteiger charge is -2.10. The number of nitrogens with one attached hydrogen (secondary N) is 1. The van der Waals surface area contributed by atoms with Gasteiger partial charge in [-0.3, -0.25) is 4.79 Å². The number of hydrogen-bond donors (Lipinski definition) is 1. The third-order valence-electron chi connectivity index (χ3n) is 3.43. The Kier molecular flexibility index (Phi) is 4.85. The Morgan fingerprint density at radius 1 is 1.24 bits per heavy atom. The van der Waals surface area contributed by atoms with Crippen molar-refractivity contribution in [1.29, 1.82) is 0 Å². The highest BCUT2D eigenvalue weighted by Gasteiger charge is 2.09. The molecule has 7 heteroatoms. The van der Waals surface area contributed by atoms with Crippen LogP contribution in [0.4, 0.5) is 10.1 Å². The minimum Gasteiger partial charge on any atom is -0.488 e. The molecule has 2 aromatic carbocycles. The molecule has 3 aromatic rings. The van der Waals surface area contributed by atoms with E-state index in [-0.39, 0.29) is 18.3 Å². The summed E-state index contributed by atoms with van der Waals surface area (Å²) in [5, 5.41) is 3.32. The molecule has 1 amide bonds. The predicted octanol–water partition coefficient (Wildman–Crippen LogP) is 4.23. The summed E-state index contributed by atoms with van der Waals surface area (Å²) in [5.41, 5.74) is 0.971. The molecule has 0 radical (unpaired) electrons. The highest BCUT2D eigenvalue weighted by molar-refractivity contribution is 9.10. The van der Waals surface area contributed by atoms with Crippen molar-refractivity contribution in [3.8, 4) is 5.75 Å². The lowest BCUT2D eigenvalue weighted by atomic mass is 10.1. The average molecular weight is 406 g/mol. The summed E-state index contributed by atoms with van der Waals surface area (Å²) in [6.45, 7) is 1.50. The van der Waals surface area contributed by atoms with E-state index in [1.807, 2.05) is 0 Å². The van der Waals surface area contributed by atoms with Crippen LogP contribution < -0.4 is 15.7 Å². The average Bonchev–Trinajstić information content (AvgIpc) is 2.52. The molecule has 1 heterocycles. The Morgan fingerprint density at radius 3 is 2.76 bits per heavy atom. The van der Waals surface area contributed by atoms with E-state index < -0.39 is 5.63 Å². The second-order valence-corrected chi connectivity index (χ2v) is 6.20. The summed E-state index contributed by atoms with van der Waals surface area (Å²) in [7, 11) is 0. The first-order valence-corrected chi connectivity index (χ1v) is 8.14. The molecule has 1 aromatic heterocycles. The van der Waals surface area contributed by atoms with E-state index in [4.69, 9.17) is 9.15 Å². The molecule has 0 saturated carbocycles. The number of fused-ring (bicyclic) bond motifs is 1. The molecule has 1 N–H and O–H groups in total. The second-order valence-electron chi connectivity index (χ2n) is 5.35. The van der Waals surface area contributed by atoms with Gasteiger partial charge in [0.25, 0.3) is 0 Å². The maximum Gasteiger partial charge on any atom is 0.336 e. The molecule has 0 aliphatic rings. The van der Waals surface area contributed by atoms with E-state index >= 15 is 0 Å². The van der Waals surface area contributed by atoms with Crippen molar-refractivity contribution in [1.82, 2.24) is 0 Å². The van der Waals surface area contributed by atoms with Crippen LogP contribution in [0.5, 0.6) is 5.75 Å². The first-order valence-electron chi connectivity index (χ1n) is 7.34. The SMILES string of the molecule is CC(=O)Nc1ccc2c(COc3ccc(F)cc3Br)cc(=O)oc2c1. The van der Waals surface area contributed by atoms with Gasteiger partial charge < -0.3 is 14.5 Å². The number of hydrogen-bond acceptors (Lipinski definition) is 4. The van der Waals surface area contributed by atoms with Crippen molar-refractivity contribution in [2.75, 3.05) is 5.32 Å². The van der Waals surface area contributed by atoms with Crippen molar-refractivity contribution in [3.63, 3.8) is 0 Å². The van der Waals surface area contributed by atoms with Crippen LogP contribution in [-0.4, -0.2) is 5.91 Å². The lowest BCUT2D eigenvalue weighted by molar-refractivity contribution is -0.114. The van der Waals surface area contributed by atoms with Crippen LogP contribution in [0.1, 0.15) is 12.5 Å². The number of carbonyl (C=O) groups is 1. The first kappa shape index (κ1) is 17.2. The molecule has 3 rings (SSSR count). The predicted molar refractivity (Wildman–Crippen MR) is 95.2 cm³/mol. The molecular formula is C18H13BrFNO4. The molecule has 0 aliphatic heterocycles. The molecular weight excluding hydrogens is 393 g/mol. The monoisotopic (exact) mass is 405 g/mol. The van der Waals surface area contributed by atoms with Gasteiger partial charge in [-0.2, -0.15) is 0 Å². The van der Waals surface area contributed by atoms with Gasteiger partial charge in [-0.1, -0.05) is 0 Å². The highest BCUT2D eigenvalue weighted by Crippen LogP contribution is 2.27. The van der Waals surface area contributed by atoms with E-state index in [9.17, 15) is 14.0 Å². The normalized spacial score (nSPS) is 10.7.